The van der Waals surface area contributed by atoms with Crippen molar-refractivity contribution in [2.24, 2.45) is 11.7 Å². The summed E-state index contributed by atoms with van der Waals surface area (Å²) in [5.41, 5.74) is 15.1. The summed E-state index contributed by atoms with van der Waals surface area (Å²) in [5.74, 6) is -3.95. The van der Waals surface area contributed by atoms with Crippen LogP contribution in [-0.2, 0) is 40.0 Å². The van der Waals surface area contributed by atoms with Gasteiger partial charge < -0.3 is 37.0 Å². The first-order chi connectivity index (χ1) is 22.8. The molecule has 5 atom stereocenters. The lowest BCUT2D eigenvalue weighted by atomic mass is 10.0. The van der Waals surface area contributed by atoms with Crippen molar-refractivity contribution in [3.05, 3.63) is 41.4 Å². The van der Waals surface area contributed by atoms with Gasteiger partial charge in [0.2, 0.25) is 41.2 Å². The Morgan fingerprint density at radius 1 is 0.896 bits per heavy atom. The zero-order chi connectivity index (χ0) is 35.4. The summed E-state index contributed by atoms with van der Waals surface area (Å²) < 4.78 is 0. The number of carbonyl (C=O) groups is 7. The number of hydrogen-bond donors (Lipinski definition) is 4. The smallest absolute Gasteiger partial charge is 0.323 e. The molecular formula is C33H46N8O7. The van der Waals surface area contributed by atoms with Crippen molar-refractivity contribution in [2.45, 2.75) is 102 Å². The zero-order valence-corrected chi connectivity index (χ0v) is 27.7. The van der Waals surface area contributed by atoms with E-state index in [0.717, 1.165) is 5.56 Å². The van der Waals surface area contributed by atoms with Gasteiger partial charge in [0.05, 0.1) is 0 Å². The molecule has 2 saturated heterocycles. The summed E-state index contributed by atoms with van der Waals surface area (Å²) in [6.07, 6.45) is 2.56. The number of likely N-dealkylation sites (tertiary alicyclic amines) is 2. The Kier molecular flexibility index (Phi) is 14.0. The first-order valence-electron chi connectivity index (χ1n) is 16.3. The van der Waals surface area contributed by atoms with Crippen LogP contribution in [0, 0.1) is 5.92 Å². The van der Waals surface area contributed by atoms with Gasteiger partial charge in [-0.25, -0.2) is 0 Å². The Morgan fingerprint density at radius 3 is 2.04 bits per heavy atom. The number of Topliss-reactive ketones (excluding diaryl/α,β-unsaturated/α-hetero) is 1. The summed E-state index contributed by atoms with van der Waals surface area (Å²) >= 11 is 0. The molecule has 2 aliphatic heterocycles. The van der Waals surface area contributed by atoms with Gasteiger partial charge in [0.25, 0.3) is 0 Å². The average Bonchev–Trinajstić information content (AvgIpc) is 3.73. The third-order valence-corrected chi connectivity index (χ3v) is 8.58. The number of primary amides is 1. The minimum Gasteiger partial charge on any atom is -0.368 e. The number of carbonyl (C=O) groups excluding carboxylic acids is 7. The van der Waals surface area contributed by atoms with E-state index in [1.54, 1.807) is 0 Å². The van der Waals surface area contributed by atoms with E-state index in [4.69, 9.17) is 11.3 Å². The largest absolute Gasteiger partial charge is 0.368 e. The van der Waals surface area contributed by atoms with Crippen LogP contribution < -0.4 is 21.7 Å². The molecule has 5 N–H and O–H groups in total. The number of nitrogens with zero attached hydrogens (tertiary/aromatic N) is 4. The van der Waals surface area contributed by atoms with Gasteiger partial charge in [-0.15, -0.1) is 0 Å². The van der Waals surface area contributed by atoms with Gasteiger partial charge in [0.15, 0.2) is 0 Å². The van der Waals surface area contributed by atoms with E-state index in [9.17, 15) is 33.6 Å². The van der Waals surface area contributed by atoms with E-state index in [1.165, 1.54) is 16.7 Å². The quantitative estimate of drug-likeness (QED) is 0.106. The second-order valence-corrected chi connectivity index (χ2v) is 12.7. The molecule has 1 aromatic rings. The molecule has 2 heterocycles. The standard InChI is InChI=1S/C33H46N8O7/c1-20(2)17-26(33(48)41-16-8-12-28(41)32(47)38-25(29(34)44)18-22-9-5-4-6-10-22)39-30(45)24(14-13-23(43)19-36-35)37-31(46)27-11-7-15-40(27)21(3)42/h4-6,9-10,19-20,24-28H,7-8,11-18H2,1-3H3,(H2,34,44)(H,37,46)(H,38,47)(H,39,45)/t24-,25+,26+,27-,28-/m1/s1. The maximum absolute atomic E-state index is 14.0. The molecule has 1 aromatic carbocycles. The van der Waals surface area contributed by atoms with Gasteiger partial charge in [-0.1, -0.05) is 44.2 Å². The lowest BCUT2D eigenvalue weighted by Gasteiger charge is -2.31. The summed E-state index contributed by atoms with van der Waals surface area (Å²) in [5, 5.41) is 8.08. The molecule has 15 nitrogen and oxygen atoms in total. The highest BCUT2D eigenvalue weighted by molar-refractivity contribution is 6.25. The molecule has 0 aliphatic carbocycles. The molecule has 2 fully saturated rings. The van der Waals surface area contributed by atoms with Gasteiger partial charge in [-0.2, -0.15) is 4.79 Å². The molecule has 0 bridgehead atoms. The van der Waals surface area contributed by atoms with Crippen LogP contribution in [0.5, 0.6) is 0 Å². The van der Waals surface area contributed by atoms with Crippen molar-refractivity contribution in [3.8, 4) is 0 Å². The Hall–Kier alpha value is -4.91. The molecule has 6 amide bonds. The van der Waals surface area contributed by atoms with Crippen LogP contribution in [0.25, 0.3) is 5.53 Å². The van der Waals surface area contributed by atoms with Crippen molar-refractivity contribution < 1.29 is 38.4 Å². The second-order valence-electron chi connectivity index (χ2n) is 12.7. The minimum absolute atomic E-state index is 0.0581. The van der Waals surface area contributed by atoms with E-state index < -0.39 is 65.5 Å². The van der Waals surface area contributed by atoms with Crippen molar-refractivity contribution in [2.75, 3.05) is 13.1 Å². The maximum Gasteiger partial charge on any atom is 0.323 e. The van der Waals surface area contributed by atoms with E-state index in [2.05, 4.69) is 20.7 Å². The molecule has 0 unspecified atom stereocenters. The Labute approximate surface area is 279 Å². The molecule has 2 aliphatic rings. The highest BCUT2D eigenvalue weighted by Gasteiger charge is 2.40. The number of ketones is 1. The molecule has 260 valence electrons. The number of rotatable bonds is 16. The fraction of sp³-hybridized carbons (Fsp3) is 0.576. The van der Waals surface area contributed by atoms with Crippen molar-refractivity contribution >= 4 is 47.4 Å². The topological polar surface area (TPSA) is 224 Å². The molecule has 48 heavy (non-hydrogen) atoms. The van der Waals surface area contributed by atoms with Gasteiger partial charge in [0, 0.05) is 32.9 Å². The number of hydrogen-bond acceptors (Lipinski definition) is 7. The molecule has 0 saturated carbocycles. The van der Waals surface area contributed by atoms with Gasteiger partial charge >= 0.3 is 6.21 Å². The summed E-state index contributed by atoms with van der Waals surface area (Å²) in [6, 6.07) is 4.07. The SMILES string of the molecule is CC(=O)N1CCC[C@@H]1C(=O)N[C@H](CCC(=O)C=[N+]=[N-])C(=O)N[C@@H](CC(C)C)C(=O)N1CCC[C@@H]1C(=O)N[C@@H](Cc1ccccc1)C(N)=O. The number of nitrogens with one attached hydrogen (secondary N) is 3. The predicted molar refractivity (Wildman–Crippen MR) is 174 cm³/mol. The number of amides is 6. The minimum atomic E-state index is -1.25. The third kappa shape index (κ3) is 10.6. The van der Waals surface area contributed by atoms with Crippen LogP contribution >= 0.6 is 0 Å². The zero-order valence-electron chi connectivity index (χ0n) is 27.7. The molecule has 0 aromatic heterocycles. The molecule has 0 spiro atoms. The molecular weight excluding hydrogens is 620 g/mol. The highest BCUT2D eigenvalue weighted by Crippen LogP contribution is 2.22. The second kappa shape index (κ2) is 17.9. The van der Waals surface area contributed by atoms with Gasteiger partial charge in [0.1, 0.15) is 30.2 Å². The van der Waals surface area contributed by atoms with E-state index in [0.29, 0.717) is 38.4 Å². The van der Waals surface area contributed by atoms with Crippen LogP contribution in [0.3, 0.4) is 0 Å². The van der Waals surface area contributed by atoms with Gasteiger partial charge in [-0.3, -0.25) is 33.6 Å². The first-order valence-corrected chi connectivity index (χ1v) is 16.3. The summed E-state index contributed by atoms with van der Waals surface area (Å²) in [6.45, 7) is 5.74. The van der Waals surface area contributed by atoms with Gasteiger partial charge in [-0.05, 0) is 50.0 Å². The fourth-order valence-electron chi connectivity index (χ4n) is 6.18. The molecule has 3 rings (SSSR count). The van der Waals surface area contributed by atoms with Crippen molar-refractivity contribution in [1.29, 1.82) is 0 Å². The maximum atomic E-state index is 14.0. The lowest BCUT2D eigenvalue weighted by molar-refractivity contribution is -0.143. The monoisotopic (exact) mass is 666 g/mol. The van der Waals surface area contributed by atoms with E-state index in [-0.39, 0.29) is 44.1 Å². The van der Waals surface area contributed by atoms with Crippen LogP contribution in [0.15, 0.2) is 30.3 Å². The molecule has 15 heteroatoms. The average molecular weight is 667 g/mol. The van der Waals surface area contributed by atoms with Crippen LogP contribution in [-0.4, -0.2) is 105 Å². The third-order valence-electron chi connectivity index (χ3n) is 8.58. The van der Waals surface area contributed by atoms with Crippen LogP contribution in [0.4, 0.5) is 0 Å². The first kappa shape index (κ1) is 37.5. The Balaban J connectivity index is 1.77. The predicted octanol–water partition coefficient (Wildman–Crippen LogP) is -0.133. The molecule has 0 radical (unpaired) electrons. The Morgan fingerprint density at radius 2 is 1.48 bits per heavy atom. The van der Waals surface area contributed by atoms with Crippen molar-refractivity contribution in [1.82, 2.24) is 25.8 Å². The Bertz CT molecular complexity index is 1410. The number of nitrogens with two attached hydrogens (primary N) is 1. The fourth-order valence-corrected chi connectivity index (χ4v) is 6.18. The summed E-state index contributed by atoms with van der Waals surface area (Å²) in [4.78, 5) is 96.2. The lowest BCUT2D eigenvalue weighted by Crippen LogP contribution is -2.59. The normalized spacial score (nSPS) is 19.1. The van der Waals surface area contributed by atoms with E-state index in [1.807, 2.05) is 44.2 Å². The van der Waals surface area contributed by atoms with Crippen molar-refractivity contribution in [3.63, 3.8) is 0 Å². The summed E-state index contributed by atoms with van der Waals surface area (Å²) in [7, 11) is 0. The highest BCUT2D eigenvalue weighted by atomic mass is 16.2. The van der Waals surface area contributed by atoms with E-state index >= 15 is 0 Å². The van der Waals surface area contributed by atoms with Crippen LogP contribution in [0.1, 0.15) is 71.3 Å². The van der Waals surface area contributed by atoms with Crippen LogP contribution in [0.2, 0.25) is 0 Å². The number of benzene rings is 1.